The smallest absolute Gasteiger partial charge is 0.282 e. The Labute approximate surface area is 219 Å². The highest BCUT2D eigenvalue weighted by Crippen LogP contribution is 2.49. The van der Waals surface area contributed by atoms with Gasteiger partial charge in [0.1, 0.15) is 24.6 Å². The fraction of sp³-hybridized carbons (Fsp3) is 1.00. The van der Waals surface area contributed by atoms with Crippen molar-refractivity contribution in [3.63, 3.8) is 0 Å². The Morgan fingerprint density at radius 2 is 1.08 bits per heavy atom. The molecule has 0 aromatic carbocycles. The molecule has 0 N–H and O–H groups in total. The van der Waals surface area contributed by atoms with Gasteiger partial charge in [-0.1, -0.05) is 45.4 Å². The van der Waals surface area contributed by atoms with Crippen LogP contribution in [0.5, 0.6) is 0 Å². The standard InChI is InChI=1S/C30H48F6O/c1-2-3-4-5-19-6-8-20(9-7-19)21-10-12-22(13-11-21)23-14-15-25(26(31)16-23)24-17-27(32)29(28(33)18-24)37-30(34,35)36/h19-29H,2-18H2,1H3. The summed E-state index contributed by atoms with van der Waals surface area (Å²) in [5.41, 5.74) is 0. The molecule has 0 saturated heterocycles. The van der Waals surface area contributed by atoms with Crippen LogP contribution in [0.1, 0.15) is 116 Å². The Balaban J connectivity index is 1.18. The molecule has 4 fully saturated rings. The van der Waals surface area contributed by atoms with Crippen molar-refractivity contribution in [3.05, 3.63) is 0 Å². The first-order valence-electron chi connectivity index (χ1n) is 15.3. The van der Waals surface area contributed by atoms with Gasteiger partial charge in [0.25, 0.3) is 0 Å². The normalized spacial score (nSPS) is 44.0. The van der Waals surface area contributed by atoms with E-state index in [0.717, 1.165) is 24.2 Å². The van der Waals surface area contributed by atoms with Crippen LogP contribution < -0.4 is 0 Å². The molecule has 216 valence electrons. The van der Waals surface area contributed by atoms with Gasteiger partial charge in [-0.2, -0.15) is 0 Å². The van der Waals surface area contributed by atoms with Crippen LogP contribution in [-0.4, -0.2) is 31.0 Å². The molecule has 4 aliphatic carbocycles. The maximum absolute atomic E-state index is 15.3. The van der Waals surface area contributed by atoms with E-state index in [4.69, 9.17) is 0 Å². The van der Waals surface area contributed by atoms with Crippen molar-refractivity contribution in [3.8, 4) is 0 Å². The fourth-order valence-electron chi connectivity index (χ4n) is 8.67. The maximum atomic E-state index is 15.3. The van der Waals surface area contributed by atoms with Gasteiger partial charge in [-0.15, -0.1) is 13.2 Å². The SMILES string of the molecule is CCCCCC1CCC(C2CCC(C3CCC(C4CC(F)C(OC(F)(F)F)C(F)C4)C(F)C3)CC2)CC1. The Hall–Kier alpha value is -0.460. The molecule has 0 aliphatic heterocycles. The monoisotopic (exact) mass is 538 g/mol. The first-order valence-corrected chi connectivity index (χ1v) is 15.3. The van der Waals surface area contributed by atoms with Crippen molar-refractivity contribution in [1.82, 2.24) is 0 Å². The summed E-state index contributed by atoms with van der Waals surface area (Å²) in [5, 5.41) is 0. The summed E-state index contributed by atoms with van der Waals surface area (Å²) in [5.74, 6) is 2.48. The largest absolute Gasteiger partial charge is 0.522 e. The van der Waals surface area contributed by atoms with E-state index in [1.807, 2.05) is 0 Å². The summed E-state index contributed by atoms with van der Waals surface area (Å²) in [7, 11) is 0. The van der Waals surface area contributed by atoms with Crippen molar-refractivity contribution >= 4 is 0 Å². The van der Waals surface area contributed by atoms with Gasteiger partial charge >= 0.3 is 6.36 Å². The molecule has 0 amide bonds. The molecule has 1 nitrogen and oxygen atoms in total. The van der Waals surface area contributed by atoms with E-state index in [9.17, 15) is 22.0 Å². The number of alkyl halides is 6. The highest BCUT2D eigenvalue weighted by atomic mass is 19.4. The fourth-order valence-corrected chi connectivity index (χ4v) is 8.67. The zero-order valence-corrected chi connectivity index (χ0v) is 22.5. The van der Waals surface area contributed by atoms with E-state index in [1.54, 1.807) is 0 Å². The molecule has 4 aliphatic rings. The zero-order valence-electron chi connectivity index (χ0n) is 22.5. The lowest BCUT2D eigenvalue weighted by atomic mass is 9.62. The summed E-state index contributed by atoms with van der Waals surface area (Å²) in [4.78, 5) is 0. The molecule has 0 aromatic heterocycles. The molecule has 4 saturated carbocycles. The first kappa shape index (κ1) is 29.5. The van der Waals surface area contributed by atoms with Crippen molar-refractivity contribution in [2.45, 2.75) is 147 Å². The third kappa shape index (κ3) is 8.03. The average molecular weight is 539 g/mol. The molecule has 5 unspecified atom stereocenters. The Morgan fingerprint density at radius 3 is 1.59 bits per heavy atom. The molecule has 7 heteroatoms. The lowest BCUT2D eigenvalue weighted by Crippen LogP contribution is -2.48. The van der Waals surface area contributed by atoms with Crippen molar-refractivity contribution in [2.75, 3.05) is 0 Å². The van der Waals surface area contributed by atoms with Crippen molar-refractivity contribution in [1.29, 1.82) is 0 Å². The lowest BCUT2D eigenvalue weighted by Gasteiger charge is -2.45. The summed E-state index contributed by atoms with van der Waals surface area (Å²) < 4.78 is 85.4. The minimum atomic E-state index is -5.07. The van der Waals surface area contributed by atoms with E-state index in [2.05, 4.69) is 11.7 Å². The second-order valence-corrected chi connectivity index (χ2v) is 13.0. The number of halogens is 6. The van der Waals surface area contributed by atoms with Crippen LogP contribution in [0, 0.1) is 41.4 Å². The topological polar surface area (TPSA) is 9.23 Å². The molecule has 0 aromatic rings. The zero-order chi connectivity index (χ0) is 26.6. The predicted molar refractivity (Wildman–Crippen MR) is 134 cm³/mol. The van der Waals surface area contributed by atoms with Gasteiger partial charge in [-0.25, -0.2) is 13.2 Å². The second-order valence-electron chi connectivity index (χ2n) is 13.0. The molecular weight excluding hydrogens is 490 g/mol. The number of rotatable bonds is 8. The van der Waals surface area contributed by atoms with Gasteiger partial charge in [-0.05, 0) is 112 Å². The Kier molecular flexibility index (Phi) is 10.6. The van der Waals surface area contributed by atoms with E-state index < -0.39 is 42.8 Å². The van der Waals surface area contributed by atoms with Gasteiger partial charge in [0.15, 0.2) is 0 Å². The Morgan fingerprint density at radius 1 is 0.595 bits per heavy atom. The van der Waals surface area contributed by atoms with E-state index in [0.29, 0.717) is 24.7 Å². The third-order valence-electron chi connectivity index (χ3n) is 10.8. The van der Waals surface area contributed by atoms with E-state index in [1.165, 1.54) is 77.0 Å². The number of unbranched alkanes of at least 4 members (excludes halogenated alkanes) is 2. The molecule has 0 heterocycles. The molecule has 4 rings (SSSR count). The van der Waals surface area contributed by atoms with Crippen LogP contribution in [0.15, 0.2) is 0 Å². The number of hydrogen-bond donors (Lipinski definition) is 0. The van der Waals surface area contributed by atoms with Gasteiger partial charge in [-0.3, -0.25) is 4.74 Å². The van der Waals surface area contributed by atoms with Crippen LogP contribution in [0.2, 0.25) is 0 Å². The minimum absolute atomic E-state index is 0.247. The van der Waals surface area contributed by atoms with Crippen LogP contribution >= 0.6 is 0 Å². The number of hydrogen-bond acceptors (Lipinski definition) is 1. The molecule has 37 heavy (non-hydrogen) atoms. The molecule has 0 radical (unpaired) electrons. The van der Waals surface area contributed by atoms with Crippen molar-refractivity contribution in [2.24, 2.45) is 41.4 Å². The van der Waals surface area contributed by atoms with Gasteiger partial charge < -0.3 is 0 Å². The van der Waals surface area contributed by atoms with Crippen LogP contribution in [0.4, 0.5) is 26.3 Å². The van der Waals surface area contributed by atoms with E-state index in [-0.39, 0.29) is 12.8 Å². The highest BCUT2D eigenvalue weighted by molar-refractivity contribution is 4.95. The summed E-state index contributed by atoms with van der Waals surface area (Å²) in [6.07, 6.45) is 4.80. The highest BCUT2D eigenvalue weighted by Gasteiger charge is 2.49. The van der Waals surface area contributed by atoms with Gasteiger partial charge in [0.05, 0.1) is 0 Å². The summed E-state index contributed by atoms with van der Waals surface area (Å²) in [6.45, 7) is 2.26. The maximum Gasteiger partial charge on any atom is 0.522 e. The Bertz CT molecular complexity index is 657. The molecule has 0 spiro atoms. The van der Waals surface area contributed by atoms with Crippen molar-refractivity contribution < 1.29 is 31.1 Å². The summed E-state index contributed by atoms with van der Waals surface area (Å²) in [6, 6.07) is 0. The average Bonchev–Trinajstić information content (AvgIpc) is 2.86. The molecule has 5 atom stereocenters. The second kappa shape index (κ2) is 13.3. The predicted octanol–water partition coefficient (Wildman–Crippen LogP) is 9.93. The quantitative estimate of drug-likeness (QED) is 0.221. The molecule has 0 bridgehead atoms. The minimum Gasteiger partial charge on any atom is -0.282 e. The first-order chi connectivity index (χ1) is 17.6. The number of ether oxygens (including phenoxy) is 1. The van der Waals surface area contributed by atoms with Crippen LogP contribution in [0.3, 0.4) is 0 Å². The lowest BCUT2D eigenvalue weighted by molar-refractivity contribution is -0.358. The third-order valence-corrected chi connectivity index (χ3v) is 10.8. The summed E-state index contributed by atoms with van der Waals surface area (Å²) >= 11 is 0. The van der Waals surface area contributed by atoms with Gasteiger partial charge in [0, 0.05) is 0 Å². The van der Waals surface area contributed by atoms with Crippen LogP contribution in [-0.2, 0) is 4.74 Å². The van der Waals surface area contributed by atoms with Crippen LogP contribution in [0.25, 0.3) is 0 Å². The molecular formula is C30H48F6O. The van der Waals surface area contributed by atoms with E-state index >= 15 is 4.39 Å². The van der Waals surface area contributed by atoms with Gasteiger partial charge in [0.2, 0.25) is 0 Å².